The Morgan fingerprint density at radius 1 is 1.16 bits per heavy atom. The zero-order valence-corrected chi connectivity index (χ0v) is 11.1. The Kier molecular flexibility index (Phi) is 4.17. The third-order valence-corrected chi connectivity index (χ3v) is 3.02. The van der Waals surface area contributed by atoms with Gasteiger partial charge >= 0.3 is 0 Å². The molecule has 0 aromatic heterocycles. The van der Waals surface area contributed by atoms with Crippen LogP contribution in [-0.4, -0.2) is 5.11 Å². The fraction of sp³-hybridized carbons (Fsp3) is 0.250. The van der Waals surface area contributed by atoms with E-state index in [2.05, 4.69) is 0 Å². The van der Waals surface area contributed by atoms with Gasteiger partial charge in [0.05, 0.1) is 6.10 Å². The van der Waals surface area contributed by atoms with Crippen molar-refractivity contribution >= 4 is 0 Å². The number of rotatable bonds is 4. The molecule has 0 fully saturated rings. The molecule has 2 rings (SSSR count). The quantitative estimate of drug-likeness (QED) is 0.884. The Hall–Kier alpha value is -1.87. The first-order chi connectivity index (χ1) is 9.11. The maximum Gasteiger partial charge on any atom is 0.133 e. The molecule has 0 saturated carbocycles. The van der Waals surface area contributed by atoms with Crippen LogP contribution < -0.4 is 4.74 Å². The van der Waals surface area contributed by atoms with Crippen molar-refractivity contribution in [3.05, 3.63) is 59.4 Å². The Bertz CT molecular complexity index is 566. The maximum atomic E-state index is 13.1. The average Bonchev–Trinajstić information content (AvgIpc) is 2.41. The predicted octanol–water partition coefficient (Wildman–Crippen LogP) is 4.37. The van der Waals surface area contributed by atoms with Crippen LogP contribution >= 0.6 is 0 Å². The van der Waals surface area contributed by atoms with Crippen LogP contribution in [-0.2, 0) is 0 Å². The maximum absolute atomic E-state index is 13.1. The Morgan fingerprint density at radius 2 is 1.89 bits per heavy atom. The van der Waals surface area contributed by atoms with Gasteiger partial charge in [-0.15, -0.1) is 0 Å². The SMILES string of the molecule is CC[C@@H](O)c1ccccc1Oc1ccc(F)cc1C. The summed E-state index contributed by atoms with van der Waals surface area (Å²) in [6.45, 7) is 3.70. The largest absolute Gasteiger partial charge is 0.457 e. The minimum atomic E-state index is -0.558. The van der Waals surface area contributed by atoms with E-state index in [1.54, 1.807) is 19.1 Å². The minimum absolute atomic E-state index is 0.285. The Balaban J connectivity index is 2.33. The number of aryl methyl sites for hydroxylation is 1. The number of benzene rings is 2. The van der Waals surface area contributed by atoms with Crippen molar-refractivity contribution in [1.82, 2.24) is 0 Å². The number of hydrogen-bond donors (Lipinski definition) is 1. The second-order valence-corrected chi connectivity index (χ2v) is 4.47. The van der Waals surface area contributed by atoms with Crippen molar-refractivity contribution in [3.8, 4) is 11.5 Å². The van der Waals surface area contributed by atoms with Gasteiger partial charge in [-0.2, -0.15) is 0 Å². The van der Waals surface area contributed by atoms with Gasteiger partial charge in [0.15, 0.2) is 0 Å². The molecule has 1 atom stereocenters. The van der Waals surface area contributed by atoms with Gasteiger partial charge in [-0.25, -0.2) is 4.39 Å². The van der Waals surface area contributed by atoms with Crippen molar-refractivity contribution in [1.29, 1.82) is 0 Å². The third-order valence-electron chi connectivity index (χ3n) is 3.02. The van der Waals surface area contributed by atoms with Gasteiger partial charge in [0.25, 0.3) is 0 Å². The zero-order chi connectivity index (χ0) is 13.8. The van der Waals surface area contributed by atoms with Crippen LogP contribution in [0.1, 0.15) is 30.6 Å². The van der Waals surface area contributed by atoms with Crippen molar-refractivity contribution in [3.63, 3.8) is 0 Å². The molecule has 0 aliphatic heterocycles. The van der Waals surface area contributed by atoms with Crippen molar-refractivity contribution in [2.24, 2.45) is 0 Å². The normalized spacial score (nSPS) is 12.2. The number of para-hydroxylation sites is 1. The molecular weight excluding hydrogens is 243 g/mol. The van der Waals surface area contributed by atoms with E-state index in [0.717, 1.165) is 11.1 Å². The van der Waals surface area contributed by atoms with Gasteiger partial charge in [-0.1, -0.05) is 25.1 Å². The molecule has 2 aromatic carbocycles. The minimum Gasteiger partial charge on any atom is -0.457 e. The second kappa shape index (κ2) is 5.85. The van der Waals surface area contributed by atoms with Gasteiger partial charge in [0, 0.05) is 5.56 Å². The number of ether oxygens (including phenoxy) is 1. The topological polar surface area (TPSA) is 29.5 Å². The lowest BCUT2D eigenvalue weighted by Crippen LogP contribution is -1.99. The monoisotopic (exact) mass is 260 g/mol. The summed E-state index contributed by atoms with van der Waals surface area (Å²) in [4.78, 5) is 0. The van der Waals surface area contributed by atoms with E-state index in [4.69, 9.17) is 4.74 Å². The molecule has 2 aromatic rings. The lowest BCUT2D eigenvalue weighted by molar-refractivity contribution is 0.170. The summed E-state index contributed by atoms with van der Waals surface area (Å²) in [5.74, 6) is 0.912. The highest BCUT2D eigenvalue weighted by atomic mass is 19.1. The van der Waals surface area contributed by atoms with Crippen LogP contribution in [0, 0.1) is 12.7 Å². The van der Waals surface area contributed by atoms with Gasteiger partial charge in [-0.3, -0.25) is 0 Å². The lowest BCUT2D eigenvalue weighted by Gasteiger charge is -2.15. The van der Waals surface area contributed by atoms with Crippen LogP contribution in [0.2, 0.25) is 0 Å². The number of aliphatic hydroxyl groups is 1. The molecule has 0 aliphatic carbocycles. The van der Waals surface area contributed by atoms with Crippen molar-refractivity contribution in [2.75, 3.05) is 0 Å². The summed E-state index contributed by atoms with van der Waals surface area (Å²) in [6.07, 6.45) is 0.0555. The van der Waals surface area contributed by atoms with Crippen LogP contribution in [0.15, 0.2) is 42.5 Å². The summed E-state index contributed by atoms with van der Waals surface area (Å²) in [7, 11) is 0. The zero-order valence-electron chi connectivity index (χ0n) is 11.1. The molecule has 3 heteroatoms. The van der Waals surface area contributed by atoms with Gasteiger partial charge < -0.3 is 9.84 Å². The van der Waals surface area contributed by atoms with Crippen LogP contribution in [0.25, 0.3) is 0 Å². The van der Waals surface area contributed by atoms with E-state index >= 15 is 0 Å². The third kappa shape index (κ3) is 3.12. The summed E-state index contributed by atoms with van der Waals surface area (Å²) >= 11 is 0. The molecule has 0 amide bonds. The molecule has 0 radical (unpaired) electrons. The number of hydrogen-bond acceptors (Lipinski definition) is 2. The van der Waals surface area contributed by atoms with Gasteiger partial charge in [0.2, 0.25) is 0 Å². The lowest BCUT2D eigenvalue weighted by atomic mass is 10.1. The van der Waals surface area contributed by atoms with Gasteiger partial charge in [-0.05, 0) is 43.2 Å². The van der Waals surface area contributed by atoms with E-state index in [1.807, 2.05) is 25.1 Å². The Morgan fingerprint density at radius 3 is 2.58 bits per heavy atom. The summed E-state index contributed by atoms with van der Waals surface area (Å²) < 4.78 is 18.8. The number of halogens is 1. The first-order valence-corrected chi connectivity index (χ1v) is 6.32. The van der Waals surface area contributed by atoms with Crippen LogP contribution in [0.5, 0.6) is 11.5 Å². The molecule has 0 saturated heterocycles. The summed E-state index contributed by atoms with van der Waals surface area (Å²) in [5, 5.41) is 9.96. The van der Waals surface area contributed by atoms with E-state index in [9.17, 15) is 9.50 Å². The molecule has 0 bridgehead atoms. The smallest absolute Gasteiger partial charge is 0.133 e. The van der Waals surface area contributed by atoms with Crippen LogP contribution in [0.4, 0.5) is 4.39 Å². The molecule has 0 spiro atoms. The summed E-state index contributed by atoms with van der Waals surface area (Å²) in [6, 6.07) is 11.7. The summed E-state index contributed by atoms with van der Waals surface area (Å²) in [5.41, 5.74) is 1.47. The molecular formula is C16H17FO2. The van der Waals surface area contributed by atoms with Gasteiger partial charge in [0.1, 0.15) is 17.3 Å². The fourth-order valence-electron chi connectivity index (χ4n) is 1.91. The molecule has 100 valence electrons. The highest BCUT2D eigenvalue weighted by Gasteiger charge is 2.12. The molecule has 0 unspecified atom stereocenters. The molecule has 19 heavy (non-hydrogen) atoms. The predicted molar refractivity (Wildman–Crippen MR) is 72.9 cm³/mol. The molecule has 2 nitrogen and oxygen atoms in total. The number of aliphatic hydroxyl groups excluding tert-OH is 1. The first-order valence-electron chi connectivity index (χ1n) is 6.32. The van der Waals surface area contributed by atoms with E-state index in [-0.39, 0.29) is 5.82 Å². The highest BCUT2D eigenvalue weighted by molar-refractivity contribution is 5.41. The standard InChI is InChI=1S/C16H17FO2/c1-3-14(18)13-6-4-5-7-16(13)19-15-9-8-12(17)10-11(15)2/h4-10,14,18H,3H2,1-2H3/t14-/m1/s1. The van der Waals surface area contributed by atoms with Crippen molar-refractivity contribution < 1.29 is 14.2 Å². The fourth-order valence-corrected chi connectivity index (χ4v) is 1.91. The molecule has 0 aliphatic rings. The van der Waals surface area contributed by atoms with Crippen molar-refractivity contribution in [2.45, 2.75) is 26.4 Å². The second-order valence-electron chi connectivity index (χ2n) is 4.47. The van der Waals surface area contributed by atoms with E-state index in [0.29, 0.717) is 17.9 Å². The van der Waals surface area contributed by atoms with Crippen LogP contribution in [0.3, 0.4) is 0 Å². The Labute approximate surface area is 112 Å². The highest BCUT2D eigenvalue weighted by Crippen LogP contribution is 2.32. The van der Waals surface area contributed by atoms with E-state index in [1.165, 1.54) is 12.1 Å². The first kappa shape index (κ1) is 13.6. The molecule has 0 heterocycles. The average molecular weight is 260 g/mol. The van der Waals surface area contributed by atoms with E-state index < -0.39 is 6.10 Å². The molecule has 1 N–H and O–H groups in total.